The Labute approximate surface area is 278 Å². The maximum Gasteiger partial charge on any atom is 0.0814 e. The molecular weight excluding hydrogens is 557 g/mol. The van der Waals surface area contributed by atoms with Gasteiger partial charge in [-0.2, -0.15) is 0 Å². The lowest BCUT2D eigenvalue weighted by molar-refractivity contribution is 1.28. The largest absolute Gasteiger partial charge is 0.264 e. The van der Waals surface area contributed by atoms with E-state index in [-0.39, 0.29) is 8.41 Å². The monoisotopic (exact) mass is 605 g/mol. The first-order valence-electron chi connectivity index (χ1n) is 15.5. The summed E-state index contributed by atoms with van der Waals surface area (Å²) in [6, 6.07) is 25.6. The van der Waals surface area contributed by atoms with Crippen LogP contribution in [0.15, 0.2) is 110 Å². The van der Waals surface area contributed by atoms with Crippen LogP contribution in [0.1, 0.15) is 50.1 Å². The number of pyridine rings is 3. The van der Waals surface area contributed by atoms with Crippen molar-refractivity contribution < 1.29 is 0 Å². The molecule has 3 heterocycles. The molecular formula is C42H48BN3. The number of aryl methyl sites for hydroxylation is 9. The summed E-state index contributed by atoms with van der Waals surface area (Å²) in [5.74, 6) is 0. The second-order valence-electron chi connectivity index (χ2n) is 12.0. The molecule has 0 spiro atoms. The van der Waals surface area contributed by atoms with Crippen molar-refractivity contribution in [2.75, 3.05) is 0 Å². The molecule has 0 aliphatic rings. The van der Waals surface area contributed by atoms with Gasteiger partial charge in [0.1, 0.15) is 0 Å². The van der Waals surface area contributed by atoms with Gasteiger partial charge in [-0.05, 0) is 131 Å². The number of hydrogen-bond donors (Lipinski definition) is 0. The molecule has 46 heavy (non-hydrogen) atoms. The van der Waals surface area contributed by atoms with Gasteiger partial charge in [-0.15, -0.1) is 0 Å². The Kier molecular flexibility index (Phi) is 12.8. The summed E-state index contributed by atoms with van der Waals surface area (Å²) < 4.78 is 0. The lowest BCUT2D eigenvalue weighted by Crippen LogP contribution is -1.90. The van der Waals surface area contributed by atoms with Gasteiger partial charge in [0.15, 0.2) is 0 Å². The van der Waals surface area contributed by atoms with Gasteiger partial charge in [0.25, 0.3) is 0 Å². The van der Waals surface area contributed by atoms with Gasteiger partial charge in [-0.3, -0.25) is 15.0 Å². The third kappa shape index (κ3) is 9.11. The second-order valence-corrected chi connectivity index (χ2v) is 12.0. The molecule has 0 aliphatic heterocycles. The van der Waals surface area contributed by atoms with Gasteiger partial charge < -0.3 is 0 Å². The minimum atomic E-state index is 0. The highest BCUT2D eigenvalue weighted by Crippen LogP contribution is 2.29. The molecule has 0 saturated carbocycles. The predicted octanol–water partition coefficient (Wildman–Crippen LogP) is 9.84. The van der Waals surface area contributed by atoms with Crippen LogP contribution in [-0.2, 0) is 0 Å². The summed E-state index contributed by atoms with van der Waals surface area (Å²) in [5.41, 5.74) is 19.4. The highest BCUT2D eigenvalue weighted by Gasteiger charge is 2.08. The number of aromatic nitrogens is 3. The maximum atomic E-state index is 4.17. The Bertz CT molecular complexity index is 1570. The molecule has 0 amide bonds. The molecule has 0 fully saturated rings. The van der Waals surface area contributed by atoms with E-state index >= 15 is 0 Å². The molecule has 4 heteroatoms. The van der Waals surface area contributed by atoms with Crippen LogP contribution < -0.4 is 0 Å². The van der Waals surface area contributed by atoms with Gasteiger partial charge in [0, 0.05) is 53.9 Å². The molecule has 3 nitrogen and oxygen atoms in total. The molecule has 0 radical (unpaired) electrons. The molecule has 3 aromatic carbocycles. The Morgan fingerprint density at radius 2 is 0.565 bits per heavy atom. The van der Waals surface area contributed by atoms with E-state index in [4.69, 9.17) is 0 Å². The molecule has 0 N–H and O–H groups in total. The first kappa shape index (κ1) is 35.7. The first-order valence-corrected chi connectivity index (χ1v) is 15.5. The fourth-order valence-corrected chi connectivity index (χ4v) is 6.44. The number of benzene rings is 3. The fourth-order valence-electron chi connectivity index (χ4n) is 6.44. The SMILES string of the molecule is B.Cc1cc(C)c(-c2cccnc2)c(C)c1.Cc1cc(C)c(-c2cccnc2)c(C)c1.Cc1cc(C)c(-c2cccnc2)c(C)c1. The Morgan fingerprint density at radius 1 is 0.348 bits per heavy atom. The molecule has 0 aliphatic carbocycles. The van der Waals surface area contributed by atoms with Crippen LogP contribution in [0.3, 0.4) is 0 Å². The molecule has 0 bridgehead atoms. The van der Waals surface area contributed by atoms with Crippen LogP contribution in [0, 0.1) is 62.3 Å². The third-order valence-electron chi connectivity index (χ3n) is 7.88. The van der Waals surface area contributed by atoms with Gasteiger partial charge in [-0.25, -0.2) is 0 Å². The van der Waals surface area contributed by atoms with Crippen molar-refractivity contribution in [2.24, 2.45) is 0 Å². The molecule has 234 valence electrons. The quantitative estimate of drug-likeness (QED) is 0.189. The summed E-state index contributed by atoms with van der Waals surface area (Å²) in [7, 11) is 0. The van der Waals surface area contributed by atoms with Gasteiger partial charge in [0.05, 0.1) is 8.41 Å². The summed E-state index contributed by atoms with van der Waals surface area (Å²) in [5, 5.41) is 0. The minimum Gasteiger partial charge on any atom is -0.264 e. The van der Waals surface area contributed by atoms with Crippen LogP contribution >= 0.6 is 0 Å². The smallest absolute Gasteiger partial charge is 0.0814 e. The fraction of sp³-hybridized carbons (Fsp3) is 0.214. The zero-order valence-corrected chi connectivity index (χ0v) is 28.2. The molecule has 0 unspecified atom stereocenters. The summed E-state index contributed by atoms with van der Waals surface area (Å²) in [4.78, 5) is 12.5. The highest BCUT2D eigenvalue weighted by atomic mass is 14.6. The molecule has 3 aromatic heterocycles. The molecule has 6 aromatic rings. The third-order valence-corrected chi connectivity index (χ3v) is 7.88. The van der Waals surface area contributed by atoms with E-state index in [1.807, 2.05) is 55.4 Å². The van der Waals surface area contributed by atoms with Crippen molar-refractivity contribution in [2.45, 2.75) is 62.3 Å². The lowest BCUT2D eigenvalue weighted by Gasteiger charge is -2.10. The normalized spacial score (nSPS) is 10.1. The van der Waals surface area contributed by atoms with Crippen molar-refractivity contribution in [1.82, 2.24) is 15.0 Å². The van der Waals surface area contributed by atoms with Crippen molar-refractivity contribution in [3.05, 3.63) is 160 Å². The van der Waals surface area contributed by atoms with E-state index < -0.39 is 0 Å². The lowest BCUT2D eigenvalue weighted by atomic mass is 9.95. The number of nitrogens with zero attached hydrogens (tertiary/aromatic N) is 3. The molecule has 0 atom stereocenters. The topological polar surface area (TPSA) is 38.7 Å². The minimum absolute atomic E-state index is 0. The van der Waals surface area contributed by atoms with E-state index in [2.05, 4.69) is 132 Å². The van der Waals surface area contributed by atoms with Gasteiger partial charge in [-0.1, -0.05) is 71.3 Å². The predicted molar refractivity (Wildman–Crippen MR) is 202 cm³/mol. The van der Waals surface area contributed by atoms with Crippen molar-refractivity contribution in [1.29, 1.82) is 0 Å². The zero-order chi connectivity index (χ0) is 32.5. The zero-order valence-electron chi connectivity index (χ0n) is 28.2. The summed E-state index contributed by atoms with van der Waals surface area (Å²) in [6.07, 6.45) is 11.2. The highest BCUT2D eigenvalue weighted by molar-refractivity contribution is 5.75. The summed E-state index contributed by atoms with van der Waals surface area (Å²) >= 11 is 0. The average Bonchev–Trinajstić information content (AvgIpc) is 2.98. The van der Waals surface area contributed by atoms with Crippen LogP contribution in [0.2, 0.25) is 0 Å². The average molecular weight is 606 g/mol. The van der Waals surface area contributed by atoms with Crippen LogP contribution in [0.4, 0.5) is 0 Å². The van der Waals surface area contributed by atoms with Crippen LogP contribution in [0.25, 0.3) is 33.4 Å². The van der Waals surface area contributed by atoms with Crippen molar-refractivity contribution in [3.8, 4) is 33.4 Å². The maximum absolute atomic E-state index is 4.17. The van der Waals surface area contributed by atoms with Crippen LogP contribution in [-0.4, -0.2) is 23.4 Å². The van der Waals surface area contributed by atoms with E-state index in [0.717, 1.165) is 0 Å². The van der Waals surface area contributed by atoms with Crippen molar-refractivity contribution in [3.63, 3.8) is 0 Å². The van der Waals surface area contributed by atoms with Crippen LogP contribution in [0.5, 0.6) is 0 Å². The standard InChI is InChI=1S/3C14H15N.BH3/c3*1-10-7-11(2)14(12(3)8-10)13-5-4-6-15-9-13;/h3*4-9H,1-3H3;1H3. The molecule has 6 rings (SSSR count). The Morgan fingerprint density at radius 3 is 0.739 bits per heavy atom. The summed E-state index contributed by atoms with van der Waals surface area (Å²) in [6.45, 7) is 19.3. The van der Waals surface area contributed by atoms with E-state index in [1.54, 1.807) is 0 Å². The number of rotatable bonds is 3. The number of hydrogen-bond acceptors (Lipinski definition) is 3. The van der Waals surface area contributed by atoms with E-state index in [1.165, 1.54) is 83.5 Å². The Balaban J connectivity index is 0.000000186. The van der Waals surface area contributed by atoms with E-state index in [0.29, 0.717) is 0 Å². The van der Waals surface area contributed by atoms with E-state index in [9.17, 15) is 0 Å². The molecule has 0 saturated heterocycles. The first-order chi connectivity index (χ1) is 21.5. The van der Waals surface area contributed by atoms with Gasteiger partial charge in [0.2, 0.25) is 0 Å². The van der Waals surface area contributed by atoms with Crippen molar-refractivity contribution >= 4 is 8.41 Å². The van der Waals surface area contributed by atoms with Gasteiger partial charge >= 0.3 is 0 Å². The Hall–Kier alpha value is -4.83. The second kappa shape index (κ2) is 16.5.